The van der Waals surface area contributed by atoms with Gasteiger partial charge in [0.15, 0.2) is 0 Å². The maximum Gasteiger partial charge on any atom is 0.270 e. The third-order valence-electron chi connectivity index (χ3n) is 4.44. The lowest BCUT2D eigenvalue weighted by atomic mass is 10.2. The molecule has 7 nitrogen and oxygen atoms in total. The van der Waals surface area contributed by atoms with Crippen molar-refractivity contribution in [1.29, 1.82) is 0 Å². The topological polar surface area (TPSA) is 95.7 Å². The summed E-state index contributed by atoms with van der Waals surface area (Å²) < 4.78 is 1.79. The molecule has 0 bridgehead atoms. The molecule has 2 aromatic heterocycles. The van der Waals surface area contributed by atoms with Crippen LogP contribution in [0.1, 0.15) is 41.9 Å². The Bertz CT molecular complexity index is 963. The van der Waals surface area contributed by atoms with E-state index in [-0.39, 0.29) is 17.6 Å². The number of benzene rings is 1. The van der Waals surface area contributed by atoms with Gasteiger partial charge in [-0.1, -0.05) is 12.5 Å². The molecule has 2 heterocycles. The average molecular weight is 380 g/mol. The first-order valence-electron chi connectivity index (χ1n) is 9.35. The number of nitrogens with one attached hydrogen (secondary N) is 2. The molecule has 2 amide bonds. The second-order valence-electron chi connectivity index (χ2n) is 6.64. The molecule has 0 aliphatic heterocycles. The Morgan fingerprint density at radius 2 is 1.86 bits per heavy atom. The minimum atomic E-state index is -0.138. The van der Waals surface area contributed by atoms with Gasteiger partial charge in [-0.25, -0.2) is 4.98 Å². The van der Waals surface area contributed by atoms with Gasteiger partial charge >= 0.3 is 0 Å². The molecule has 0 fully saturated rings. The standard InChI is InChI=1S/C21H24N4O3/c1-15-20(25-14-6-4-7-18(25)23-15)21(28)22-13-5-2-3-8-19(27)24-16-9-11-17(26)12-10-16/h4,6-7,9-12,14,26H,2-3,5,8,13H2,1H3,(H,22,28)(H,24,27). The molecule has 0 radical (unpaired) electrons. The number of hydrogen-bond acceptors (Lipinski definition) is 4. The first kappa shape index (κ1) is 19.4. The van der Waals surface area contributed by atoms with Crippen LogP contribution in [0.4, 0.5) is 5.69 Å². The van der Waals surface area contributed by atoms with Crippen LogP contribution in [0.25, 0.3) is 5.65 Å². The lowest BCUT2D eigenvalue weighted by molar-refractivity contribution is -0.116. The van der Waals surface area contributed by atoms with E-state index in [0.717, 1.165) is 24.9 Å². The zero-order chi connectivity index (χ0) is 19.9. The van der Waals surface area contributed by atoms with Gasteiger partial charge in [-0.05, 0) is 56.2 Å². The summed E-state index contributed by atoms with van der Waals surface area (Å²) in [5.41, 5.74) is 2.68. The molecular formula is C21H24N4O3. The average Bonchev–Trinajstić information content (AvgIpc) is 3.02. The monoisotopic (exact) mass is 380 g/mol. The number of anilines is 1. The van der Waals surface area contributed by atoms with Gasteiger partial charge in [-0.2, -0.15) is 0 Å². The largest absolute Gasteiger partial charge is 0.508 e. The molecule has 3 N–H and O–H groups in total. The van der Waals surface area contributed by atoms with Gasteiger partial charge in [0.25, 0.3) is 5.91 Å². The van der Waals surface area contributed by atoms with E-state index in [9.17, 15) is 14.7 Å². The molecule has 0 unspecified atom stereocenters. The zero-order valence-electron chi connectivity index (χ0n) is 15.8. The molecule has 3 aromatic rings. The van der Waals surface area contributed by atoms with Crippen LogP contribution < -0.4 is 10.6 Å². The van der Waals surface area contributed by atoms with E-state index in [4.69, 9.17) is 0 Å². The summed E-state index contributed by atoms with van der Waals surface area (Å²) in [4.78, 5) is 28.8. The highest BCUT2D eigenvalue weighted by molar-refractivity contribution is 5.94. The number of phenols is 1. The third-order valence-corrected chi connectivity index (χ3v) is 4.44. The summed E-state index contributed by atoms with van der Waals surface area (Å²) in [5, 5.41) is 15.0. The van der Waals surface area contributed by atoms with E-state index in [2.05, 4.69) is 15.6 Å². The molecule has 146 valence electrons. The summed E-state index contributed by atoms with van der Waals surface area (Å²) in [5.74, 6) is -0.0310. The Morgan fingerprint density at radius 1 is 1.07 bits per heavy atom. The van der Waals surface area contributed by atoms with Crippen LogP contribution in [0.3, 0.4) is 0 Å². The number of aryl methyl sites for hydroxylation is 1. The lowest BCUT2D eigenvalue weighted by Gasteiger charge is -2.07. The molecule has 28 heavy (non-hydrogen) atoms. The number of aromatic nitrogens is 2. The molecule has 0 spiro atoms. The van der Waals surface area contributed by atoms with Crippen LogP contribution in [0.15, 0.2) is 48.7 Å². The third kappa shape index (κ3) is 4.88. The number of carbonyl (C=O) groups excluding carboxylic acids is 2. The van der Waals surface area contributed by atoms with E-state index in [1.807, 2.05) is 31.3 Å². The van der Waals surface area contributed by atoms with Gasteiger partial charge in [0.2, 0.25) is 5.91 Å². The quantitative estimate of drug-likeness (QED) is 0.413. The second-order valence-corrected chi connectivity index (χ2v) is 6.64. The van der Waals surface area contributed by atoms with Crippen molar-refractivity contribution < 1.29 is 14.7 Å². The SMILES string of the molecule is Cc1nc2ccccn2c1C(=O)NCCCCCC(=O)Nc1ccc(O)cc1. The van der Waals surface area contributed by atoms with E-state index in [0.29, 0.717) is 30.0 Å². The van der Waals surface area contributed by atoms with Crippen molar-refractivity contribution in [3.05, 3.63) is 60.0 Å². The number of nitrogens with zero attached hydrogens (tertiary/aromatic N) is 2. The maximum atomic E-state index is 12.5. The van der Waals surface area contributed by atoms with Gasteiger partial charge in [-0.15, -0.1) is 0 Å². The highest BCUT2D eigenvalue weighted by Crippen LogP contribution is 2.14. The summed E-state index contributed by atoms with van der Waals surface area (Å²) >= 11 is 0. The Balaban J connectivity index is 1.36. The maximum absolute atomic E-state index is 12.5. The van der Waals surface area contributed by atoms with Crippen molar-refractivity contribution in [3.63, 3.8) is 0 Å². The van der Waals surface area contributed by atoms with Gasteiger partial charge < -0.3 is 15.7 Å². The van der Waals surface area contributed by atoms with Crippen LogP contribution in [-0.2, 0) is 4.79 Å². The number of imidazole rings is 1. The normalized spacial score (nSPS) is 10.8. The first-order chi connectivity index (χ1) is 13.5. The molecule has 0 aliphatic carbocycles. The fourth-order valence-electron chi connectivity index (χ4n) is 3.03. The van der Waals surface area contributed by atoms with Crippen molar-refractivity contribution >= 4 is 23.1 Å². The number of aromatic hydroxyl groups is 1. The number of rotatable bonds is 8. The number of amides is 2. The van der Waals surface area contributed by atoms with Crippen molar-refractivity contribution in [1.82, 2.24) is 14.7 Å². The molecule has 0 saturated heterocycles. The fraction of sp³-hybridized carbons (Fsp3) is 0.286. The molecule has 1 aromatic carbocycles. The van der Waals surface area contributed by atoms with E-state index in [1.54, 1.807) is 16.5 Å². The van der Waals surface area contributed by atoms with Crippen LogP contribution in [0, 0.1) is 6.92 Å². The predicted octanol–water partition coefficient (Wildman–Crippen LogP) is 3.28. The van der Waals surface area contributed by atoms with E-state index in [1.165, 1.54) is 12.1 Å². The highest BCUT2D eigenvalue weighted by atomic mass is 16.3. The fourth-order valence-corrected chi connectivity index (χ4v) is 3.03. The molecule has 0 atom stereocenters. The first-order valence-corrected chi connectivity index (χ1v) is 9.35. The smallest absolute Gasteiger partial charge is 0.270 e. The lowest BCUT2D eigenvalue weighted by Crippen LogP contribution is -2.26. The predicted molar refractivity (Wildman–Crippen MR) is 107 cm³/mol. The number of pyridine rings is 1. The Labute approximate surface area is 163 Å². The Hall–Kier alpha value is -3.35. The minimum Gasteiger partial charge on any atom is -0.508 e. The van der Waals surface area contributed by atoms with Gasteiger partial charge in [0.1, 0.15) is 17.1 Å². The Kier molecular flexibility index (Phi) is 6.26. The molecule has 0 saturated carbocycles. The summed E-state index contributed by atoms with van der Waals surface area (Å²) in [6.07, 6.45) is 4.63. The highest BCUT2D eigenvalue weighted by Gasteiger charge is 2.15. The van der Waals surface area contributed by atoms with Crippen LogP contribution in [-0.4, -0.2) is 32.9 Å². The van der Waals surface area contributed by atoms with Crippen LogP contribution >= 0.6 is 0 Å². The molecular weight excluding hydrogens is 356 g/mol. The summed E-state index contributed by atoms with van der Waals surface area (Å²) in [7, 11) is 0. The van der Waals surface area contributed by atoms with Crippen molar-refractivity contribution in [3.8, 4) is 5.75 Å². The van der Waals surface area contributed by atoms with E-state index >= 15 is 0 Å². The van der Waals surface area contributed by atoms with E-state index < -0.39 is 0 Å². The summed E-state index contributed by atoms with van der Waals surface area (Å²) in [6.45, 7) is 2.38. The van der Waals surface area contributed by atoms with Crippen LogP contribution in [0.2, 0.25) is 0 Å². The van der Waals surface area contributed by atoms with Gasteiger partial charge in [0.05, 0.1) is 5.69 Å². The van der Waals surface area contributed by atoms with Crippen LogP contribution in [0.5, 0.6) is 5.75 Å². The number of unbranched alkanes of at least 4 members (excludes halogenated alkanes) is 2. The zero-order valence-corrected chi connectivity index (χ0v) is 15.8. The number of phenolic OH excluding ortho intramolecular Hbond substituents is 1. The minimum absolute atomic E-state index is 0.0592. The molecule has 7 heteroatoms. The van der Waals surface area contributed by atoms with Gasteiger partial charge in [0, 0.05) is 24.8 Å². The molecule has 0 aliphatic rings. The van der Waals surface area contributed by atoms with Crippen molar-refractivity contribution in [2.45, 2.75) is 32.6 Å². The molecule has 3 rings (SSSR count). The number of fused-ring (bicyclic) bond motifs is 1. The van der Waals surface area contributed by atoms with Crippen molar-refractivity contribution in [2.75, 3.05) is 11.9 Å². The van der Waals surface area contributed by atoms with Gasteiger partial charge in [-0.3, -0.25) is 14.0 Å². The number of carbonyl (C=O) groups is 2. The summed E-state index contributed by atoms with van der Waals surface area (Å²) in [6, 6.07) is 12.0. The number of hydrogen-bond donors (Lipinski definition) is 3. The second kappa shape index (κ2) is 9.03. The Morgan fingerprint density at radius 3 is 2.64 bits per heavy atom. The van der Waals surface area contributed by atoms with Crippen molar-refractivity contribution in [2.24, 2.45) is 0 Å².